The molecule has 1 N–H and O–H groups in total. The first-order valence-electron chi connectivity index (χ1n) is 4.24. The first-order chi connectivity index (χ1) is 5.34. The van der Waals surface area contributed by atoms with Crippen molar-refractivity contribution in [3.8, 4) is 0 Å². The van der Waals surface area contributed by atoms with Gasteiger partial charge in [-0.05, 0) is 26.2 Å². The standard InChI is InChI=1S/C8H15NO2/c1-2-9-8(10)7-5-3-4-6-11-7/h7H,2-6H2,1H3,(H,9,10)/t7-/m1/s1. The second kappa shape index (κ2) is 4.34. The highest BCUT2D eigenvalue weighted by atomic mass is 16.5. The monoisotopic (exact) mass is 157 g/mol. The Morgan fingerprint density at radius 1 is 1.64 bits per heavy atom. The summed E-state index contributed by atoms with van der Waals surface area (Å²) in [7, 11) is 0. The van der Waals surface area contributed by atoms with E-state index in [9.17, 15) is 4.79 Å². The Hall–Kier alpha value is -0.570. The van der Waals surface area contributed by atoms with Gasteiger partial charge in [-0.1, -0.05) is 0 Å². The predicted molar refractivity (Wildman–Crippen MR) is 42.3 cm³/mol. The third-order valence-corrected chi connectivity index (χ3v) is 1.82. The maximum atomic E-state index is 11.2. The molecule has 0 unspecified atom stereocenters. The van der Waals surface area contributed by atoms with Crippen molar-refractivity contribution in [1.29, 1.82) is 0 Å². The van der Waals surface area contributed by atoms with Crippen LogP contribution < -0.4 is 5.32 Å². The number of amides is 1. The quantitative estimate of drug-likeness (QED) is 0.640. The van der Waals surface area contributed by atoms with E-state index in [2.05, 4.69) is 5.32 Å². The molecule has 0 aliphatic carbocycles. The highest BCUT2D eigenvalue weighted by Gasteiger charge is 2.20. The number of ether oxygens (including phenoxy) is 1. The van der Waals surface area contributed by atoms with Crippen molar-refractivity contribution in [2.75, 3.05) is 13.2 Å². The summed E-state index contributed by atoms with van der Waals surface area (Å²) in [5.74, 6) is 0.0483. The molecule has 0 bridgehead atoms. The van der Waals surface area contributed by atoms with E-state index in [0.717, 1.165) is 25.9 Å². The van der Waals surface area contributed by atoms with Crippen LogP contribution in [0, 0.1) is 0 Å². The van der Waals surface area contributed by atoms with Crippen LogP contribution in [0.4, 0.5) is 0 Å². The molecule has 11 heavy (non-hydrogen) atoms. The first-order valence-corrected chi connectivity index (χ1v) is 4.24. The van der Waals surface area contributed by atoms with Gasteiger partial charge in [-0.25, -0.2) is 0 Å². The fourth-order valence-electron chi connectivity index (χ4n) is 1.24. The summed E-state index contributed by atoms with van der Waals surface area (Å²) in [5, 5.41) is 2.75. The molecular weight excluding hydrogens is 142 g/mol. The fraction of sp³-hybridized carbons (Fsp3) is 0.875. The summed E-state index contributed by atoms with van der Waals surface area (Å²) >= 11 is 0. The van der Waals surface area contributed by atoms with Gasteiger partial charge in [0.1, 0.15) is 6.10 Å². The smallest absolute Gasteiger partial charge is 0.249 e. The number of carbonyl (C=O) groups is 1. The number of likely N-dealkylation sites (N-methyl/N-ethyl adjacent to an activating group) is 1. The second-order valence-corrected chi connectivity index (χ2v) is 2.75. The van der Waals surface area contributed by atoms with Crippen molar-refractivity contribution < 1.29 is 9.53 Å². The van der Waals surface area contributed by atoms with Gasteiger partial charge >= 0.3 is 0 Å². The van der Waals surface area contributed by atoms with Gasteiger partial charge in [0.2, 0.25) is 5.91 Å². The molecule has 0 aromatic heterocycles. The van der Waals surface area contributed by atoms with Gasteiger partial charge in [0.25, 0.3) is 0 Å². The molecule has 1 fully saturated rings. The lowest BCUT2D eigenvalue weighted by Crippen LogP contribution is -2.38. The summed E-state index contributed by atoms with van der Waals surface area (Å²) in [4.78, 5) is 11.2. The molecule has 1 heterocycles. The third-order valence-electron chi connectivity index (χ3n) is 1.82. The van der Waals surface area contributed by atoms with Gasteiger partial charge in [-0.3, -0.25) is 4.79 Å². The molecule has 3 heteroatoms. The minimum atomic E-state index is -0.177. The van der Waals surface area contributed by atoms with Crippen LogP contribution in [0.25, 0.3) is 0 Å². The zero-order chi connectivity index (χ0) is 8.10. The Morgan fingerprint density at radius 2 is 2.45 bits per heavy atom. The Labute approximate surface area is 67.1 Å². The van der Waals surface area contributed by atoms with Crippen LogP contribution in [0.2, 0.25) is 0 Å². The zero-order valence-electron chi connectivity index (χ0n) is 6.93. The molecule has 0 aromatic carbocycles. The normalized spacial score (nSPS) is 24.6. The Bertz CT molecular complexity index is 130. The predicted octanol–water partition coefficient (Wildman–Crippen LogP) is 0.692. The van der Waals surface area contributed by atoms with E-state index in [1.807, 2.05) is 6.92 Å². The molecule has 0 radical (unpaired) electrons. The molecule has 1 amide bonds. The van der Waals surface area contributed by atoms with E-state index in [1.165, 1.54) is 0 Å². The molecule has 3 nitrogen and oxygen atoms in total. The fourth-order valence-corrected chi connectivity index (χ4v) is 1.24. The maximum absolute atomic E-state index is 11.2. The van der Waals surface area contributed by atoms with Crippen LogP contribution in [0.5, 0.6) is 0 Å². The van der Waals surface area contributed by atoms with Crippen molar-refractivity contribution in [3.63, 3.8) is 0 Å². The van der Waals surface area contributed by atoms with Crippen LogP contribution in [-0.4, -0.2) is 25.2 Å². The van der Waals surface area contributed by atoms with Crippen LogP contribution in [-0.2, 0) is 9.53 Å². The largest absolute Gasteiger partial charge is 0.368 e. The number of carbonyl (C=O) groups excluding carboxylic acids is 1. The minimum absolute atomic E-state index is 0.0483. The van der Waals surface area contributed by atoms with Gasteiger partial charge < -0.3 is 10.1 Å². The zero-order valence-corrected chi connectivity index (χ0v) is 6.93. The number of rotatable bonds is 2. The van der Waals surface area contributed by atoms with E-state index in [-0.39, 0.29) is 12.0 Å². The highest BCUT2D eigenvalue weighted by molar-refractivity contribution is 5.80. The second-order valence-electron chi connectivity index (χ2n) is 2.75. The molecule has 1 rings (SSSR count). The van der Waals surface area contributed by atoms with Gasteiger partial charge in [0, 0.05) is 13.2 Å². The minimum Gasteiger partial charge on any atom is -0.368 e. The summed E-state index contributed by atoms with van der Waals surface area (Å²) in [5.41, 5.74) is 0. The molecule has 0 aromatic rings. The van der Waals surface area contributed by atoms with E-state index in [4.69, 9.17) is 4.74 Å². The van der Waals surface area contributed by atoms with E-state index < -0.39 is 0 Å². The van der Waals surface area contributed by atoms with Crippen molar-refractivity contribution in [1.82, 2.24) is 5.32 Å². The Kier molecular flexibility index (Phi) is 3.36. The van der Waals surface area contributed by atoms with E-state index in [0.29, 0.717) is 6.54 Å². The topological polar surface area (TPSA) is 38.3 Å². The molecular formula is C8H15NO2. The van der Waals surface area contributed by atoms with Crippen molar-refractivity contribution in [3.05, 3.63) is 0 Å². The average molecular weight is 157 g/mol. The van der Waals surface area contributed by atoms with Crippen molar-refractivity contribution >= 4 is 5.91 Å². The SMILES string of the molecule is CCNC(=O)[C@H]1CCCCO1. The number of nitrogens with one attached hydrogen (secondary N) is 1. The molecule has 0 saturated carbocycles. The summed E-state index contributed by atoms with van der Waals surface area (Å²) < 4.78 is 5.28. The molecule has 1 aliphatic heterocycles. The van der Waals surface area contributed by atoms with Crippen LogP contribution in [0.15, 0.2) is 0 Å². The van der Waals surface area contributed by atoms with Crippen molar-refractivity contribution in [2.24, 2.45) is 0 Å². The number of hydrogen-bond donors (Lipinski definition) is 1. The summed E-state index contributed by atoms with van der Waals surface area (Å²) in [6.07, 6.45) is 2.91. The average Bonchev–Trinajstić information content (AvgIpc) is 2.07. The van der Waals surface area contributed by atoms with Gasteiger partial charge in [0.05, 0.1) is 0 Å². The lowest BCUT2D eigenvalue weighted by molar-refractivity contribution is -0.135. The highest BCUT2D eigenvalue weighted by Crippen LogP contribution is 2.12. The third kappa shape index (κ3) is 2.50. The van der Waals surface area contributed by atoms with E-state index in [1.54, 1.807) is 0 Å². The molecule has 0 spiro atoms. The van der Waals surface area contributed by atoms with Gasteiger partial charge in [-0.2, -0.15) is 0 Å². The first kappa shape index (κ1) is 8.53. The molecule has 1 aliphatic rings. The lowest BCUT2D eigenvalue weighted by Gasteiger charge is -2.21. The van der Waals surface area contributed by atoms with Crippen LogP contribution >= 0.6 is 0 Å². The molecule has 64 valence electrons. The van der Waals surface area contributed by atoms with Crippen LogP contribution in [0.1, 0.15) is 26.2 Å². The van der Waals surface area contributed by atoms with Crippen molar-refractivity contribution in [2.45, 2.75) is 32.3 Å². The van der Waals surface area contributed by atoms with E-state index >= 15 is 0 Å². The number of hydrogen-bond acceptors (Lipinski definition) is 2. The Morgan fingerprint density at radius 3 is 3.00 bits per heavy atom. The van der Waals surface area contributed by atoms with Crippen LogP contribution in [0.3, 0.4) is 0 Å². The Balaban J connectivity index is 2.27. The van der Waals surface area contributed by atoms with Gasteiger partial charge in [-0.15, -0.1) is 0 Å². The van der Waals surface area contributed by atoms with Gasteiger partial charge in [0.15, 0.2) is 0 Å². The summed E-state index contributed by atoms with van der Waals surface area (Å²) in [6, 6.07) is 0. The molecule has 1 saturated heterocycles. The lowest BCUT2D eigenvalue weighted by atomic mass is 10.1. The molecule has 1 atom stereocenters. The maximum Gasteiger partial charge on any atom is 0.249 e. The summed E-state index contributed by atoms with van der Waals surface area (Å²) in [6.45, 7) is 3.35.